The quantitative estimate of drug-likeness (QED) is 0.817. The van der Waals surface area contributed by atoms with E-state index in [1.807, 2.05) is 0 Å². The molecule has 0 spiro atoms. The molecule has 0 saturated carbocycles. The van der Waals surface area contributed by atoms with Crippen LogP contribution in [0.25, 0.3) is 0 Å². The van der Waals surface area contributed by atoms with E-state index in [2.05, 4.69) is 5.32 Å². The van der Waals surface area contributed by atoms with Gasteiger partial charge in [0, 0.05) is 24.2 Å². The first kappa shape index (κ1) is 16.5. The molecule has 1 N–H and O–H groups in total. The zero-order chi connectivity index (χ0) is 16.8. The summed E-state index contributed by atoms with van der Waals surface area (Å²) in [6.07, 6.45) is 0.534. The van der Waals surface area contributed by atoms with Crippen molar-refractivity contribution in [3.05, 3.63) is 29.8 Å². The molecule has 1 saturated heterocycles. The molecule has 1 atom stereocenters. The number of rotatable bonds is 5. The van der Waals surface area contributed by atoms with E-state index in [0.717, 1.165) is 12.1 Å². The Morgan fingerprint density at radius 1 is 1.39 bits per heavy atom. The number of hydrogen-bond donors (Lipinski definition) is 1. The molecule has 23 heavy (non-hydrogen) atoms. The Kier molecular flexibility index (Phi) is 5.31. The molecule has 1 aliphatic rings. The third-order valence-electron chi connectivity index (χ3n) is 3.40. The van der Waals surface area contributed by atoms with Gasteiger partial charge in [-0.05, 0) is 37.6 Å². The standard InChI is InChI=1S/C16H17N3O4/c1-11(9-17)23-15(21)10-18-16(22)12-4-6-13(7-5-12)19-8-2-3-14(19)20/h4-7,11H,2-3,8,10H2,1H3,(H,18,22)/t11-/m0/s1. The van der Waals surface area contributed by atoms with E-state index in [9.17, 15) is 14.4 Å². The van der Waals surface area contributed by atoms with Crippen LogP contribution < -0.4 is 10.2 Å². The summed E-state index contributed by atoms with van der Waals surface area (Å²) in [4.78, 5) is 36.7. The van der Waals surface area contributed by atoms with Crippen molar-refractivity contribution >= 4 is 23.5 Å². The van der Waals surface area contributed by atoms with Gasteiger partial charge >= 0.3 is 5.97 Å². The molecule has 0 radical (unpaired) electrons. The largest absolute Gasteiger partial charge is 0.446 e. The first-order valence-electron chi connectivity index (χ1n) is 7.29. The van der Waals surface area contributed by atoms with Crippen LogP contribution in [0, 0.1) is 11.3 Å². The minimum absolute atomic E-state index is 0.0801. The summed E-state index contributed by atoms with van der Waals surface area (Å²) in [6, 6.07) is 8.36. The average molecular weight is 315 g/mol. The van der Waals surface area contributed by atoms with Crippen LogP contribution in [0.3, 0.4) is 0 Å². The maximum absolute atomic E-state index is 11.9. The molecule has 1 fully saturated rings. The minimum Gasteiger partial charge on any atom is -0.446 e. The third-order valence-corrected chi connectivity index (χ3v) is 3.40. The number of nitriles is 1. The van der Waals surface area contributed by atoms with E-state index in [1.54, 1.807) is 35.2 Å². The van der Waals surface area contributed by atoms with Crippen LogP contribution in [0.15, 0.2) is 24.3 Å². The number of anilines is 1. The molecule has 2 rings (SSSR count). The van der Waals surface area contributed by atoms with Gasteiger partial charge in [-0.2, -0.15) is 5.26 Å². The molecule has 7 heteroatoms. The van der Waals surface area contributed by atoms with E-state index in [0.29, 0.717) is 18.5 Å². The number of nitrogens with zero attached hydrogens (tertiary/aromatic N) is 2. The average Bonchev–Trinajstić information content (AvgIpc) is 2.98. The molecular formula is C16H17N3O4. The lowest BCUT2D eigenvalue weighted by Gasteiger charge is -2.15. The minimum atomic E-state index is -0.850. The second kappa shape index (κ2) is 7.40. The van der Waals surface area contributed by atoms with Crippen LogP contribution in [0.4, 0.5) is 5.69 Å². The molecule has 0 bridgehead atoms. The van der Waals surface area contributed by atoms with E-state index in [1.165, 1.54) is 6.92 Å². The zero-order valence-corrected chi connectivity index (χ0v) is 12.7. The van der Waals surface area contributed by atoms with Crippen molar-refractivity contribution in [1.29, 1.82) is 5.26 Å². The molecule has 1 heterocycles. The van der Waals surface area contributed by atoms with Gasteiger partial charge in [0.05, 0.1) is 0 Å². The van der Waals surface area contributed by atoms with Gasteiger partial charge in [0.15, 0.2) is 6.10 Å². The van der Waals surface area contributed by atoms with Gasteiger partial charge in [-0.3, -0.25) is 14.4 Å². The SMILES string of the molecule is C[C@@H](C#N)OC(=O)CNC(=O)c1ccc(N2CCCC2=O)cc1. The van der Waals surface area contributed by atoms with Gasteiger partial charge in [-0.25, -0.2) is 0 Å². The first-order chi connectivity index (χ1) is 11.0. The molecule has 1 aromatic carbocycles. The van der Waals surface area contributed by atoms with Crippen LogP contribution in [0.5, 0.6) is 0 Å². The van der Waals surface area contributed by atoms with Crippen molar-refractivity contribution in [3.63, 3.8) is 0 Å². The highest BCUT2D eigenvalue weighted by Crippen LogP contribution is 2.21. The van der Waals surface area contributed by atoms with Gasteiger partial charge in [0.25, 0.3) is 5.91 Å². The number of benzene rings is 1. The van der Waals surface area contributed by atoms with Gasteiger partial charge in [-0.1, -0.05) is 0 Å². The van der Waals surface area contributed by atoms with E-state index in [-0.39, 0.29) is 12.5 Å². The van der Waals surface area contributed by atoms with Crippen molar-refractivity contribution in [3.8, 4) is 6.07 Å². The highest BCUT2D eigenvalue weighted by Gasteiger charge is 2.21. The summed E-state index contributed by atoms with van der Waals surface area (Å²) in [5, 5.41) is 11.0. The Balaban J connectivity index is 1.89. The monoisotopic (exact) mass is 315 g/mol. The van der Waals surface area contributed by atoms with E-state index < -0.39 is 18.0 Å². The fourth-order valence-corrected chi connectivity index (χ4v) is 2.23. The molecule has 120 valence electrons. The maximum atomic E-state index is 11.9. The zero-order valence-electron chi connectivity index (χ0n) is 12.7. The second-order valence-corrected chi connectivity index (χ2v) is 5.14. The molecule has 2 amide bonds. The van der Waals surface area contributed by atoms with E-state index >= 15 is 0 Å². The summed E-state index contributed by atoms with van der Waals surface area (Å²) in [7, 11) is 0. The molecule has 1 aromatic rings. The normalized spacial score (nSPS) is 15.0. The predicted molar refractivity (Wildman–Crippen MR) is 81.5 cm³/mol. The number of carbonyl (C=O) groups excluding carboxylic acids is 3. The molecule has 0 unspecified atom stereocenters. The van der Waals surface area contributed by atoms with Crippen LogP contribution in [-0.4, -0.2) is 37.0 Å². The smallest absolute Gasteiger partial charge is 0.326 e. The van der Waals surface area contributed by atoms with Crippen LogP contribution in [0.1, 0.15) is 30.1 Å². The summed E-state index contributed by atoms with van der Waals surface area (Å²) in [5.74, 6) is -1.02. The Labute approximate surface area is 133 Å². The molecule has 0 aliphatic carbocycles. The van der Waals surface area contributed by atoms with Crippen molar-refractivity contribution in [2.24, 2.45) is 0 Å². The Morgan fingerprint density at radius 2 is 2.09 bits per heavy atom. The molecular weight excluding hydrogens is 298 g/mol. The van der Waals surface area contributed by atoms with Crippen molar-refractivity contribution in [2.75, 3.05) is 18.0 Å². The molecule has 0 aromatic heterocycles. The van der Waals surface area contributed by atoms with Gasteiger partial charge in [0.2, 0.25) is 5.91 Å². The lowest BCUT2D eigenvalue weighted by Crippen LogP contribution is -2.32. The summed E-state index contributed by atoms with van der Waals surface area (Å²) in [5.41, 5.74) is 1.13. The summed E-state index contributed by atoms with van der Waals surface area (Å²) < 4.78 is 4.73. The first-order valence-corrected chi connectivity index (χ1v) is 7.29. The fraction of sp³-hybridized carbons (Fsp3) is 0.375. The van der Waals surface area contributed by atoms with Gasteiger partial charge < -0.3 is 15.0 Å². The van der Waals surface area contributed by atoms with Crippen molar-refractivity contribution in [1.82, 2.24) is 5.32 Å². The topological polar surface area (TPSA) is 99.5 Å². The third kappa shape index (κ3) is 4.30. The van der Waals surface area contributed by atoms with Crippen molar-refractivity contribution < 1.29 is 19.1 Å². The Bertz CT molecular complexity index is 648. The van der Waals surface area contributed by atoms with Gasteiger partial charge in [-0.15, -0.1) is 0 Å². The maximum Gasteiger partial charge on any atom is 0.326 e. The number of nitrogens with one attached hydrogen (secondary N) is 1. The Morgan fingerprint density at radius 3 is 2.65 bits per heavy atom. The fourth-order valence-electron chi connectivity index (χ4n) is 2.23. The second-order valence-electron chi connectivity index (χ2n) is 5.14. The predicted octanol–water partition coefficient (Wildman–Crippen LogP) is 0.998. The van der Waals surface area contributed by atoms with Crippen molar-refractivity contribution in [2.45, 2.75) is 25.9 Å². The lowest BCUT2D eigenvalue weighted by molar-refractivity contribution is -0.144. The van der Waals surface area contributed by atoms with E-state index in [4.69, 9.17) is 10.00 Å². The number of esters is 1. The number of carbonyl (C=O) groups is 3. The van der Waals surface area contributed by atoms with Gasteiger partial charge in [0.1, 0.15) is 12.6 Å². The molecule has 1 aliphatic heterocycles. The Hall–Kier alpha value is -2.88. The number of ether oxygens (including phenoxy) is 1. The van der Waals surface area contributed by atoms with Crippen LogP contribution >= 0.6 is 0 Å². The summed E-state index contributed by atoms with van der Waals surface area (Å²) >= 11 is 0. The number of hydrogen-bond acceptors (Lipinski definition) is 5. The van der Waals surface area contributed by atoms with Crippen LogP contribution in [0.2, 0.25) is 0 Å². The van der Waals surface area contributed by atoms with Crippen LogP contribution in [-0.2, 0) is 14.3 Å². The highest BCUT2D eigenvalue weighted by atomic mass is 16.5. The lowest BCUT2D eigenvalue weighted by atomic mass is 10.2. The highest BCUT2D eigenvalue weighted by molar-refractivity contribution is 5.98. The summed E-state index contributed by atoms with van der Waals surface area (Å²) in [6.45, 7) is 1.82. The number of amides is 2. The molecule has 7 nitrogen and oxygen atoms in total.